The number of aromatic nitrogens is 2. The monoisotopic (exact) mass is 346 g/mol. The van der Waals surface area contributed by atoms with E-state index in [9.17, 15) is 9.59 Å². The molecule has 0 bridgehead atoms. The zero-order valence-electron chi connectivity index (χ0n) is 15.5. The molecule has 2 heterocycles. The van der Waals surface area contributed by atoms with E-state index >= 15 is 0 Å². The second-order valence-electron chi connectivity index (χ2n) is 7.45. The lowest BCUT2D eigenvalue weighted by Crippen LogP contribution is -2.57. The van der Waals surface area contributed by atoms with Gasteiger partial charge in [0, 0.05) is 26.1 Å². The summed E-state index contributed by atoms with van der Waals surface area (Å²) < 4.78 is 0. The van der Waals surface area contributed by atoms with Crippen LogP contribution in [-0.2, 0) is 4.79 Å². The highest BCUT2D eigenvalue weighted by Gasteiger charge is 2.37. The molecule has 2 amide bonds. The minimum atomic E-state index is -0.333. The van der Waals surface area contributed by atoms with Crippen LogP contribution in [0.1, 0.15) is 80.3 Å². The van der Waals surface area contributed by atoms with E-state index in [1.807, 2.05) is 7.05 Å². The summed E-state index contributed by atoms with van der Waals surface area (Å²) in [5.41, 5.74) is 1.65. The molecule has 2 aliphatic rings. The minimum absolute atomic E-state index is 0.0307. The number of H-pyrrole nitrogens is 1. The van der Waals surface area contributed by atoms with Crippen molar-refractivity contribution in [2.75, 3.05) is 20.1 Å². The minimum Gasteiger partial charge on any atom is -0.342 e. The van der Waals surface area contributed by atoms with Crippen molar-refractivity contribution in [3.63, 3.8) is 0 Å². The highest BCUT2D eigenvalue weighted by molar-refractivity contribution is 5.99. The summed E-state index contributed by atoms with van der Waals surface area (Å²) in [6.07, 6.45) is 10.3. The van der Waals surface area contributed by atoms with Gasteiger partial charge in [0.1, 0.15) is 6.04 Å². The topological polar surface area (TPSA) is 69.3 Å². The van der Waals surface area contributed by atoms with Gasteiger partial charge >= 0.3 is 0 Å². The number of amides is 2. The number of hydrogen-bond acceptors (Lipinski definition) is 3. The van der Waals surface area contributed by atoms with Crippen LogP contribution in [0.3, 0.4) is 0 Å². The van der Waals surface area contributed by atoms with Crippen LogP contribution in [0.5, 0.6) is 0 Å². The van der Waals surface area contributed by atoms with Crippen LogP contribution in [-0.4, -0.2) is 58.0 Å². The van der Waals surface area contributed by atoms with Crippen molar-refractivity contribution in [3.05, 3.63) is 17.5 Å². The molecular weight excluding hydrogens is 316 g/mol. The normalized spacial score (nSPS) is 22.5. The zero-order valence-corrected chi connectivity index (χ0v) is 15.5. The zero-order chi connectivity index (χ0) is 17.8. The molecule has 1 N–H and O–H groups in total. The van der Waals surface area contributed by atoms with E-state index in [-0.39, 0.29) is 17.9 Å². The molecule has 1 saturated carbocycles. The second kappa shape index (κ2) is 8.02. The van der Waals surface area contributed by atoms with Gasteiger partial charge in [0.2, 0.25) is 5.91 Å². The Morgan fingerprint density at radius 3 is 2.76 bits per heavy atom. The van der Waals surface area contributed by atoms with Crippen LogP contribution in [0.2, 0.25) is 0 Å². The van der Waals surface area contributed by atoms with Crippen LogP contribution >= 0.6 is 0 Å². The summed E-state index contributed by atoms with van der Waals surface area (Å²) >= 11 is 0. The van der Waals surface area contributed by atoms with Gasteiger partial charge in [-0.1, -0.05) is 39.0 Å². The Morgan fingerprint density at radius 2 is 2.04 bits per heavy atom. The Morgan fingerprint density at radius 1 is 1.28 bits per heavy atom. The van der Waals surface area contributed by atoms with Crippen molar-refractivity contribution in [1.29, 1.82) is 0 Å². The summed E-state index contributed by atoms with van der Waals surface area (Å²) in [5, 5.41) is 7.25. The van der Waals surface area contributed by atoms with E-state index in [1.54, 1.807) is 16.0 Å². The molecule has 6 nitrogen and oxygen atoms in total. The van der Waals surface area contributed by atoms with E-state index in [0.717, 1.165) is 37.8 Å². The third-order valence-electron chi connectivity index (χ3n) is 5.72. The standard InChI is InChI=1S/C19H30N4O2/c1-3-4-10-16-19(25)22(2)11-12-23(16)18(24)15-13-20-21-17(15)14-8-6-5-7-9-14/h13-14,16H,3-12H2,1-2H3,(H,20,21)/t16-/m1/s1. The van der Waals surface area contributed by atoms with Gasteiger partial charge in [-0.3, -0.25) is 14.7 Å². The quantitative estimate of drug-likeness (QED) is 0.891. The maximum Gasteiger partial charge on any atom is 0.258 e. The molecule has 25 heavy (non-hydrogen) atoms. The van der Waals surface area contributed by atoms with Gasteiger partial charge in [0.05, 0.1) is 17.5 Å². The smallest absolute Gasteiger partial charge is 0.258 e. The molecule has 1 aliphatic carbocycles. The summed E-state index contributed by atoms with van der Waals surface area (Å²) in [4.78, 5) is 29.4. The van der Waals surface area contributed by atoms with Crippen LogP contribution < -0.4 is 0 Å². The number of hydrogen-bond donors (Lipinski definition) is 1. The van der Waals surface area contributed by atoms with E-state index in [4.69, 9.17) is 0 Å². The summed E-state index contributed by atoms with van der Waals surface area (Å²) in [6, 6.07) is -0.333. The van der Waals surface area contributed by atoms with Gasteiger partial charge in [-0.15, -0.1) is 0 Å². The first kappa shape index (κ1) is 18.0. The number of carbonyl (C=O) groups excluding carboxylic acids is 2. The molecule has 3 rings (SSSR count). The number of unbranched alkanes of at least 4 members (excludes halogenated alkanes) is 1. The summed E-state index contributed by atoms with van der Waals surface area (Å²) in [6.45, 7) is 3.31. The van der Waals surface area contributed by atoms with E-state index in [0.29, 0.717) is 24.6 Å². The Bertz CT molecular complexity index is 606. The van der Waals surface area contributed by atoms with Crippen LogP contribution in [0.4, 0.5) is 0 Å². The molecule has 0 aromatic carbocycles. The van der Waals surface area contributed by atoms with Crippen LogP contribution in [0, 0.1) is 0 Å². The molecular formula is C19H30N4O2. The lowest BCUT2D eigenvalue weighted by atomic mass is 9.85. The highest BCUT2D eigenvalue weighted by Crippen LogP contribution is 2.34. The number of nitrogens with one attached hydrogen (secondary N) is 1. The maximum absolute atomic E-state index is 13.2. The number of carbonyl (C=O) groups is 2. The van der Waals surface area contributed by atoms with Gasteiger partial charge in [-0.05, 0) is 19.3 Å². The Kier molecular flexibility index (Phi) is 5.76. The molecule has 0 spiro atoms. The number of piperazine rings is 1. The lowest BCUT2D eigenvalue weighted by Gasteiger charge is -2.39. The molecule has 1 aliphatic heterocycles. The predicted molar refractivity (Wildman–Crippen MR) is 96.4 cm³/mol. The molecule has 1 atom stereocenters. The maximum atomic E-state index is 13.2. The van der Waals surface area contributed by atoms with Gasteiger partial charge < -0.3 is 9.80 Å². The first-order valence-electron chi connectivity index (χ1n) is 9.72. The number of rotatable bonds is 5. The fraction of sp³-hybridized carbons (Fsp3) is 0.737. The van der Waals surface area contributed by atoms with Crippen molar-refractivity contribution in [3.8, 4) is 0 Å². The van der Waals surface area contributed by atoms with Gasteiger partial charge in [-0.2, -0.15) is 5.10 Å². The van der Waals surface area contributed by atoms with Gasteiger partial charge in [-0.25, -0.2) is 0 Å². The molecule has 0 unspecified atom stereocenters. The van der Waals surface area contributed by atoms with Gasteiger partial charge in [0.25, 0.3) is 5.91 Å². The molecule has 1 aromatic heterocycles. The van der Waals surface area contributed by atoms with Crippen molar-refractivity contribution < 1.29 is 9.59 Å². The molecule has 1 saturated heterocycles. The van der Waals surface area contributed by atoms with Crippen LogP contribution in [0.15, 0.2) is 6.20 Å². The number of nitrogens with zero attached hydrogens (tertiary/aromatic N) is 3. The first-order valence-corrected chi connectivity index (χ1v) is 9.72. The van der Waals surface area contributed by atoms with E-state index < -0.39 is 0 Å². The highest BCUT2D eigenvalue weighted by atomic mass is 16.2. The lowest BCUT2D eigenvalue weighted by molar-refractivity contribution is -0.138. The Balaban J connectivity index is 1.81. The Labute approximate surface area is 149 Å². The SMILES string of the molecule is CCCC[C@@H]1C(=O)N(C)CCN1C(=O)c1cn[nH]c1C1CCCCC1. The summed E-state index contributed by atoms with van der Waals surface area (Å²) in [5.74, 6) is 0.431. The predicted octanol–water partition coefficient (Wildman–Crippen LogP) is 2.93. The van der Waals surface area contributed by atoms with Crippen molar-refractivity contribution in [1.82, 2.24) is 20.0 Å². The Hall–Kier alpha value is -1.85. The third-order valence-corrected chi connectivity index (χ3v) is 5.72. The molecule has 2 fully saturated rings. The second-order valence-corrected chi connectivity index (χ2v) is 7.45. The number of aromatic amines is 1. The van der Waals surface area contributed by atoms with Crippen molar-refractivity contribution in [2.24, 2.45) is 0 Å². The van der Waals surface area contributed by atoms with E-state index in [2.05, 4.69) is 17.1 Å². The first-order chi connectivity index (χ1) is 12.1. The molecule has 0 radical (unpaired) electrons. The fourth-order valence-corrected chi connectivity index (χ4v) is 4.16. The molecule has 138 valence electrons. The molecule has 6 heteroatoms. The van der Waals surface area contributed by atoms with Crippen LogP contribution in [0.25, 0.3) is 0 Å². The van der Waals surface area contributed by atoms with Crippen molar-refractivity contribution >= 4 is 11.8 Å². The summed E-state index contributed by atoms with van der Waals surface area (Å²) in [7, 11) is 1.83. The average molecular weight is 346 g/mol. The van der Waals surface area contributed by atoms with E-state index in [1.165, 1.54) is 19.3 Å². The average Bonchev–Trinajstić information content (AvgIpc) is 3.13. The molecule has 1 aromatic rings. The third kappa shape index (κ3) is 3.72. The van der Waals surface area contributed by atoms with Gasteiger partial charge in [0.15, 0.2) is 0 Å². The fourth-order valence-electron chi connectivity index (χ4n) is 4.16. The van der Waals surface area contributed by atoms with Crippen molar-refractivity contribution in [2.45, 2.75) is 70.3 Å². The largest absolute Gasteiger partial charge is 0.342 e. The number of likely N-dealkylation sites (N-methyl/N-ethyl adjacent to an activating group) is 1.